The van der Waals surface area contributed by atoms with Gasteiger partial charge in [-0.1, -0.05) is 18.2 Å². The number of aromatic hydroxyl groups is 1. The van der Waals surface area contributed by atoms with E-state index < -0.39 is 4.92 Å². The number of phenolic OH excluding ortho intramolecular Hbond substituents is 1. The lowest BCUT2D eigenvalue weighted by atomic mass is 10.2. The standard InChI is InChI=1S/C14H13NO5/c1-2-19-12-8-5-9-13(14(12)15(17)18)20-11-7-4-3-6-10(11)16/h3-9,16H,2H2,1H3. The SMILES string of the molecule is CCOc1cccc(Oc2ccccc2O)c1[N+](=O)[O-]. The molecule has 0 heterocycles. The summed E-state index contributed by atoms with van der Waals surface area (Å²) in [6, 6.07) is 10.8. The monoisotopic (exact) mass is 275 g/mol. The summed E-state index contributed by atoms with van der Waals surface area (Å²) >= 11 is 0. The summed E-state index contributed by atoms with van der Waals surface area (Å²) in [4.78, 5) is 10.6. The van der Waals surface area contributed by atoms with E-state index in [1.54, 1.807) is 25.1 Å². The van der Waals surface area contributed by atoms with Crippen LogP contribution in [-0.2, 0) is 0 Å². The number of para-hydroxylation sites is 3. The molecular formula is C14H13NO5. The molecule has 2 aromatic rings. The highest BCUT2D eigenvalue weighted by atomic mass is 16.6. The second-order valence-electron chi connectivity index (χ2n) is 3.86. The number of benzene rings is 2. The van der Waals surface area contributed by atoms with Gasteiger partial charge in [0, 0.05) is 0 Å². The van der Waals surface area contributed by atoms with Crippen LogP contribution in [0.4, 0.5) is 5.69 Å². The van der Waals surface area contributed by atoms with E-state index in [0.29, 0.717) is 6.61 Å². The molecule has 6 heteroatoms. The Morgan fingerprint density at radius 3 is 2.40 bits per heavy atom. The number of nitrogens with zero attached hydrogens (tertiary/aromatic N) is 1. The van der Waals surface area contributed by atoms with Gasteiger partial charge in [-0.25, -0.2) is 0 Å². The number of phenols is 1. The van der Waals surface area contributed by atoms with Crippen molar-refractivity contribution in [3.63, 3.8) is 0 Å². The molecule has 0 aliphatic rings. The van der Waals surface area contributed by atoms with Crippen LogP contribution in [0.25, 0.3) is 0 Å². The first-order valence-electron chi connectivity index (χ1n) is 5.99. The van der Waals surface area contributed by atoms with Crippen molar-refractivity contribution in [2.24, 2.45) is 0 Å². The van der Waals surface area contributed by atoms with Gasteiger partial charge in [0.15, 0.2) is 11.5 Å². The molecule has 2 rings (SSSR count). The minimum atomic E-state index is -0.569. The lowest BCUT2D eigenvalue weighted by Crippen LogP contribution is -1.99. The Morgan fingerprint density at radius 2 is 1.75 bits per heavy atom. The number of ether oxygens (including phenoxy) is 2. The van der Waals surface area contributed by atoms with E-state index in [0.717, 1.165) is 0 Å². The van der Waals surface area contributed by atoms with E-state index in [4.69, 9.17) is 9.47 Å². The first-order valence-corrected chi connectivity index (χ1v) is 5.99. The molecule has 0 aromatic heterocycles. The summed E-state index contributed by atoms with van der Waals surface area (Å²) in [7, 11) is 0. The largest absolute Gasteiger partial charge is 0.504 e. The van der Waals surface area contributed by atoms with Crippen LogP contribution in [0.5, 0.6) is 23.0 Å². The quantitative estimate of drug-likeness (QED) is 0.667. The molecule has 0 unspecified atom stereocenters. The van der Waals surface area contributed by atoms with E-state index in [9.17, 15) is 15.2 Å². The van der Waals surface area contributed by atoms with Crippen LogP contribution >= 0.6 is 0 Å². The smallest absolute Gasteiger partial charge is 0.352 e. The molecule has 104 valence electrons. The fourth-order valence-corrected chi connectivity index (χ4v) is 1.70. The number of rotatable bonds is 5. The fourth-order valence-electron chi connectivity index (χ4n) is 1.70. The number of hydrogen-bond donors (Lipinski definition) is 1. The van der Waals surface area contributed by atoms with Gasteiger partial charge in [-0.05, 0) is 31.2 Å². The van der Waals surface area contributed by atoms with Crippen molar-refractivity contribution < 1.29 is 19.5 Å². The van der Waals surface area contributed by atoms with Gasteiger partial charge < -0.3 is 14.6 Å². The van der Waals surface area contributed by atoms with Crippen LogP contribution in [0.2, 0.25) is 0 Å². The van der Waals surface area contributed by atoms with Crippen LogP contribution in [-0.4, -0.2) is 16.6 Å². The zero-order valence-corrected chi connectivity index (χ0v) is 10.8. The summed E-state index contributed by atoms with van der Waals surface area (Å²) < 4.78 is 10.6. The molecule has 0 atom stereocenters. The Balaban J connectivity index is 2.44. The summed E-state index contributed by atoms with van der Waals surface area (Å²) in [6.45, 7) is 2.04. The van der Waals surface area contributed by atoms with Crippen molar-refractivity contribution in [1.29, 1.82) is 0 Å². The van der Waals surface area contributed by atoms with Gasteiger partial charge in [0.25, 0.3) is 0 Å². The molecule has 0 spiro atoms. The normalized spacial score (nSPS) is 10.1. The van der Waals surface area contributed by atoms with Gasteiger partial charge in [0.2, 0.25) is 11.5 Å². The number of nitro groups is 1. The van der Waals surface area contributed by atoms with Crippen molar-refractivity contribution >= 4 is 5.69 Å². The highest BCUT2D eigenvalue weighted by Gasteiger charge is 2.23. The summed E-state index contributed by atoms with van der Waals surface area (Å²) in [5.41, 5.74) is -0.266. The molecule has 20 heavy (non-hydrogen) atoms. The molecule has 0 amide bonds. The lowest BCUT2D eigenvalue weighted by molar-refractivity contribution is -0.386. The van der Waals surface area contributed by atoms with E-state index in [1.165, 1.54) is 24.3 Å². The Kier molecular flexibility index (Phi) is 4.05. The highest BCUT2D eigenvalue weighted by Crippen LogP contribution is 2.40. The van der Waals surface area contributed by atoms with E-state index >= 15 is 0 Å². The minimum absolute atomic E-state index is 0.0162. The Morgan fingerprint density at radius 1 is 1.10 bits per heavy atom. The second-order valence-corrected chi connectivity index (χ2v) is 3.86. The third-order valence-corrected chi connectivity index (χ3v) is 2.53. The predicted octanol–water partition coefficient (Wildman–Crippen LogP) is 3.49. The Hall–Kier alpha value is -2.76. The van der Waals surface area contributed by atoms with Gasteiger partial charge in [-0.3, -0.25) is 10.1 Å². The molecule has 6 nitrogen and oxygen atoms in total. The molecule has 0 aliphatic carbocycles. The van der Waals surface area contributed by atoms with E-state index in [-0.39, 0.29) is 28.7 Å². The number of hydrogen-bond acceptors (Lipinski definition) is 5. The second kappa shape index (κ2) is 5.92. The molecule has 1 N–H and O–H groups in total. The topological polar surface area (TPSA) is 81.8 Å². The Labute approximate surface area is 115 Å². The Bertz CT molecular complexity index is 627. The van der Waals surface area contributed by atoms with Crippen molar-refractivity contribution in [1.82, 2.24) is 0 Å². The molecule has 0 saturated heterocycles. The minimum Gasteiger partial charge on any atom is -0.504 e. The molecule has 0 bridgehead atoms. The molecule has 0 aliphatic heterocycles. The zero-order chi connectivity index (χ0) is 14.5. The molecule has 0 saturated carbocycles. The van der Waals surface area contributed by atoms with Crippen LogP contribution in [0.3, 0.4) is 0 Å². The third-order valence-electron chi connectivity index (χ3n) is 2.53. The van der Waals surface area contributed by atoms with Crippen LogP contribution in [0.15, 0.2) is 42.5 Å². The van der Waals surface area contributed by atoms with Gasteiger partial charge in [0.1, 0.15) is 0 Å². The molecule has 2 aromatic carbocycles. The van der Waals surface area contributed by atoms with Crippen molar-refractivity contribution in [3.05, 3.63) is 52.6 Å². The van der Waals surface area contributed by atoms with Gasteiger partial charge in [-0.15, -0.1) is 0 Å². The average Bonchev–Trinajstić information content (AvgIpc) is 2.41. The maximum absolute atomic E-state index is 11.2. The van der Waals surface area contributed by atoms with Crippen LogP contribution in [0, 0.1) is 10.1 Å². The van der Waals surface area contributed by atoms with Crippen LogP contribution < -0.4 is 9.47 Å². The zero-order valence-electron chi connectivity index (χ0n) is 10.8. The fraction of sp³-hybridized carbons (Fsp3) is 0.143. The number of nitro benzene ring substituents is 1. The summed E-state index contributed by atoms with van der Waals surface area (Å²) in [5, 5.41) is 20.8. The molecule has 0 fully saturated rings. The average molecular weight is 275 g/mol. The summed E-state index contributed by atoms with van der Waals surface area (Å²) in [6.07, 6.45) is 0. The first-order chi connectivity index (χ1) is 9.63. The molecule has 0 radical (unpaired) electrons. The van der Waals surface area contributed by atoms with Gasteiger partial charge in [0.05, 0.1) is 11.5 Å². The first kappa shape index (κ1) is 13.7. The maximum atomic E-state index is 11.2. The lowest BCUT2D eigenvalue weighted by Gasteiger charge is -2.10. The van der Waals surface area contributed by atoms with Crippen molar-refractivity contribution in [2.45, 2.75) is 6.92 Å². The highest BCUT2D eigenvalue weighted by molar-refractivity contribution is 5.59. The van der Waals surface area contributed by atoms with E-state index in [1.807, 2.05) is 0 Å². The van der Waals surface area contributed by atoms with Crippen molar-refractivity contribution in [3.8, 4) is 23.0 Å². The van der Waals surface area contributed by atoms with Crippen molar-refractivity contribution in [2.75, 3.05) is 6.61 Å². The van der Waals surface area contributed by atoms with Gasteiger partial charge >= 0.3 is 5.69 Å². The van der Waals surface area contributed by atoms with E-state index in [2.05, 4.69) is 0 Å². The maximum Gasteiger partial charge on any atom is 0.352 e. The van der Waals surface area contributed by atoms with Crippen LogP contribution in [0.1, 0.15) is 6.92 Å². The predicted molar refractivity (Wildman–Crippen MR) is 72.4 cm³/mol. The van der Waals surface area contributed by atoms with Gasteiger partial charge in [-0.2, -0.15) is 0 Å². The molecular weight excluding hydrogens is 262 g/mol. The summed E-state index contributed by atoms with van der Waals surface area (Å²) in [5.74, 6) is 0.195. The third kappa shape index (κ3) is 2.80.